The Morgan fingerprint density at radius 2 is 1.37 bits per heavy atom. The van der Waals surface area contributed by atoms with Crippen molar-refractivity contribution in [2.24, 2.45) is 5.41 Å². The first-order valence-corrected chi connectivity index (χ1v) is 11.6. The fourth-order valence-electron chi connectivity index (χ4n) is 3.42. The maximum Gasteiger partial charge on any atom is 0.240 e. The zero-order chi connectivity index (χ0) is 19.7. The average Bonchev–Trinajstić information content (AvgIpc) is 2.66. The lowest BCUT2D eigenvalue weighted by Crippen LogP contribution is -2.52. The molecule has 2 rings (SSSR count). The summed E-state index contributed by atoms with van der Waals surface area (Å²) in [6, 6.07) is 20.8. The van der Waals surface area contributed by atoms with Gasteiger partial charge in [-0.15, -0.1) is 0 Å². The molecule has 0 amide bonds. The van der Waals surface area contributed by atoms with E-state index in [-0.39, 0.29) is 18.1 Å². The maximum atomic E-state index is 10.9. The highest BCUT2D eigenvalue weighted by Gasteiger charge is 2.35. The molecule has 0 saturated carbocycles. The van der Waals surface area contributed by atoms with Crippen LogP contribution in [0.3, 0.4) is 0 Å². The van der Waals surface area contributed by atoms with Crippen molar-refractivity contribution in [1.29, 1.82) is 0 Å². The number of benzene rings is 2. The second-order valence-electron chi connectivity index (χ2n) is 8.26. The number of aliphatic hydroxyl groups excluding tert-OH is 2. The molecule has 27 heavy (non-hydrogen) atoms. The van der Waals surface area contributed by atoms with Crippen LogP contribution in [0.4, 0.5) is 0 Å². The van der Waals surface area contributed by atoms with Crippen molar-refractivity contribution >= 4 is 19.4 Å². The van der Waals surface area contributed by atoms with E-state index in [9.17, 15) is 5.11 Å². The summed E-state index contributed by atoms with van der Waals surface area (Å²) in [5, 5.41) is 22.3. The monoisotopic (exact) mass is 386 g/mol. The fraction of sp³-hybridized carbons (Fsp3) is 0.478. The molecule has 0 saturated heterocycles. The van der Waals surface area contributed by atoms with Crippen molar-refractivity contribution in [1.82, 2.24) is 0 Å². The average molecular weight is 387 g/mol. The summed E-state index contributed by atoms with van der Waals surface area (Å²) in [5.41, 5.74) is -0.162. The van der Waals surface area contributed by atoms with Crippen LogP contribution in [0.25, 0.3) is 0 Å². The highest BCUT2D eigenvalue weighted by Crippen LogP contribution is 2.28. The van der Waals surface area contributed by atoms with E-state index in [4.69, 9.17) is 9.53 Å². The molecule has 2 aromatic carbocycles. The predicted octanol–water partition coefficient (Wildman–Crippen LogP) is 2.87. The lowest BCUT2D eigenvalue weighted by atomic mass is 9.84. The molecular weight excluding hydrogens is 352 g/mol. The normalized spacial score (nSPS) is 14.3. The van der Waals surface area contributed by atoms with Crippen LogP contribution in [0, 0.1) is 5.41 Å². The molecule has 2 aromatic rings. The summed E-state index contributed by atoms with van der Waals surface area (Å²) in [5.74, 6) is 0. The quantitative estimate of drug-likeness (QED) is 0.488. The largest absolute Gasteiger partial charge is 0.405 e. The van der Waals surface area contributed by atoms with E-state index in [1.54, 1.807) is 0 Å². The molecule has 2 atom stereocenters. The molecule has 0 radical (unpaired) electrons. The highest BCUT2D eigenvalue weighted by atomic mass is 28.3. The SMILES string of the molecule is CC(C)(C)C(O[SiH](c1ccccc1)c1ccccc1)C(O)CCCCCO. The molecule has 0 aliphatic carbocycles. The van der Waals surface area contributed by atoms with E-state index in [2.05, 4.69) is 69.3 Å². The van der Waals surface area contributed by atoms with Crippen molar-refractivity contribution < 1.29 is 14.6 Å². The lowest BCUT2D eigenvalue weighted by molar-refractivity contribution is -0.0313. The van der Waals surface area contributed by atoms with Gasteiger partial charge in [-0.3, -0.25) is 0 Å². The predicted molar refractivity (Wildman–Crippen MR) is 115 cm³/mol. The van der Waals surface area contributed by atoms with Gasteiger partial charge < -0.3 is 14.6 Å². The third-order valence-electron chi connectivity index (χ3n) is 4.85. The minimum Gasteiger partial charge on any atom is -0.405 e. The van der Waals surface area contributed by atoms with E-state index in [0.717, 1.165) is 19.3 Å². The Kier molecular flexibility index (Phi) is 8.70. The molecule has 2 unspecified atom stereocenters. The lowest BCUT2D eigenvalue weighted by Gasteiger charge is -2.37. The Bertz CT molecular complexity index is 600. The fourth-order valence-corrected chi connectivity index (χ4v) is 6.14. The van der Waals surface area contributed by atoms with Gasteiger partial charge in [0.2, 0.25) is 9.04 Å². The zero-order valence-electron chi connectivity index (χ0n) is 16.8. The Morgan fingerprint density at radius 1 is 0.852 bits per heavy atom. The molecule has 3 nitrogen and oxygen atoms in total. The summed E-state index contributed by atoms with van der Waals surface area (Å²) in [6.07, 6.45) is 2.59. The summed E-state index contributed by atoms with van der Waals surface area (Å²) in [6.45, 7) is 6.62. The number of hydrogen-bond donors (Lipinski definition) is 2. The Morgan fingerprint density at radius 3 is 1.81 bits per heavy atom. The minimum absolute atomic E-state index is 0.162. The minimum atomic E-state index is -1.91. The van der Waals surface area contributed by atoms with Crippen LogP contribution in [0.2, 0.25) is 0 Å². The third-order valence-corrected chi connectivity index (χ3v) is 7.39. The second kappa shape index (κ2) is 10.8. The van der Waals surface area contributed by atoms with Gasteiger partial charge in [-0.1, -0.05) is 94.3 Å². The highest BCUT2D eigenvalue weighted by molar-refractivity contribution is 6.80. The molecule has 0 aromatic heterocycles. The second-order valence-corrected chi connectivity index (χ2v) is 10.6. The first-order valence-electron chi connectivity index (χ1n) is 9.97. The smallest absolute Gasteiger partial charge is 0.240 e. The first-order chi connectivity index (χ1) is 12.9. The number of rotatable bonds is 10. The van der Waals surface area contributed by atoms with E-state index < -0.39 is 15.1 Å². The number of hydrogen-bond acceptors (Lipinski definition) is 3. The van der Waals surface area contributed by atoms with Crippen molar-refractivity contribution in [3.05, 3.63) is 60.7 Å². The van der Waals surface area contributed by atoms with Crippen LogP contribution in [-0.2, 0) is 4.43 Å². The standard InChI is InChI=1S/C23H34O3Si/c1-23(2,3)22(21(25)17-11-6-12-18-24)26-27(19-13-7-4-8-14-19)20-15-9-5-10-16-20/h4-5,7-10,13-16,21-22,24-25,27H,6,11-12,17-18H2,1-3H3. The number of aliphatic hydroxyl groups is 2. The molecule has 0 aliphatic heterocycles. The van der Waals surface area contributed by atoms with Crippen molar-refractivity contribution in [2.45, 2.75) is 58.7 Å². The van der Waals surface area contributed by atoms with Crippen molar-refractivity contribution in [3.63, 3.8) is 0 Å². The van der Waals surface area contributed by atoms with Crippen molar-refractivity contribution in [2.75, 3.05) is 6.61 Å². The topological polar surface area (TPSA) is 49.7 Å². The maximum absolute atomic E-state index is 10.9. The Labute approximate surface area is 165 Å². The van der Waals surface area contributed by atoms with Crippen LogP contribution < -0.4 is 10.4 Å². The van der Waals surface area contributed by atoms with E-state index in [1.165, 1.54) is 10.4 Å². The van der Waals surface area contributed by atoms with Gasteiger partial charge in [-0.25, -0.2) is 0 Å². The van der Waals surface area contributed by atoms with Gasteiger partial charge in [-0.05, 0) is 28.6 Å². The van der Waals surface area contributed by atoms with E-state index >= 15 is 0 Å². The van der Waals surface area contributed by atoms with Gasteiger partial charge in [0.25, 0.3) is 0 Å². The van der Waals surface area contributed by atoms with Crippen LogP contribution in [-0.4, -0.2) is 38.1 Å². The summed E-state index contributed by atoms with van der Waals surface area (Å²) in [7, 11) is -1.91. The van der Waals surface area contributed by atoms with Crippen LogP contribution in [0.5, 0.6) is 0 Å². The molecule has 0 aliphatic rings. The summed E-state index contributed by atoms with van der Waals surface area (Å²) < 4.78 is 6.75. The van der Waals surface area contributed by atoms with Gasteiger partial charge >= 0.3 is 0 Å². The molecule has 2 N–H and O–H groups in total. The van der Waals surface area contributed by atoms with E-state index in [0.29, 0.717) is 6.42 Å². The van der Waals surface area contributed by atoms with Crippen LogP contribution in [0.15, 0.2) is 60.7 Å². The molecule has 0 spiro atoms. The molecule has 0 fully saturated rings. The Balaban J connectivity index is 2.22. The summed E-state index contributed by atoms with van der Waals surface area (Å²) in [4.78, 5) is 0. The summed E-state index contributed by atoms with van der Waals surface area (Å²) >= 11 is 0. The molecule has 0 bridgehead atoms. The zero-order valence-corrected chi connectivity index (χ0v) is 18.0. The van der Waals surface area contributed by atoms with Crippen molar-refractivity contribution in [3.8, 4) is 0 Å². The molecule has 148 valence electrons. The first kappa shape index (κ1) is 21.8. The van der Waals surface area contributed by atoms with Gasteiger partial charge in [0.1, 0.15) is 0 Å². The van der Waals surface area contributed by atoms with Gasteiger partial charge in [-0.2, -0.15) is 0 Å². The molecular formula is C23H34O3Si. The van der Waals surface area contributed by atoms with Gasteiger partial charge in [0.15, 0.2) is 0 Å². The van der Waals surface area contributed by atoms with E-state index in [1.807, 2.05) is 12.1 Å². The number of unbranched alkanes of at least 4 members (excludes halogenated alkanes) is 2. The van der Waals surface area contributed by atoms with Gasteiger partial charge in [0, 0.05) is 6.61 Å². The Hall–Kier alpha value is -1.46. The van der Waals surface area contributed by atoms with Gasteiger partial charge in [0.05, 0.1) is 12.2 Å². The molecule has 4 heteroatoms. The van der Waals surface area contributed by atoms with Crippen LogP contribution >= 0.6 is 0 Å². The third kappa shape index (κ3) is 6.89. The van der Waals surface area contributed by atoms with Crippen LogP contribution in [0.1, 0.15) is 46.5 Å². The molecule has 0 heterocycles.